The maximum Gasteiger partial charge on any atom is 0.221 e. The van der Waals surface area contributed by atoms with Crippen LogP contribution >= 0.6 is 0 Å². The zero-order valence-electron chi connectivity index (χ0n) is 9.25. The molecule has 0 saturated carbocycles. The molecule has 0 bridgehead atoms. The SMILES string of the molecule is CC.COC1(CO)O[C@H](CO)[C@@H](O)[C@@H]1O. The summed E-state index contributed by atoms with van der Waals surface area (Å²) in [6.45, 7) is 2.97. The molecule has 0 aliphatic carbocycles. The summed E-state index contributed by atoms with van der Waals surface area (Å²) in [5.74, 6) is -1.62. The molecule has 0 spiro atoms. The molecule has 6 nitrogen and oxygen atoms in total. The highest BCUT2D eigenvalue weighted by molar-refractivity contribution is 4.95. The van der Waals surface area contributed by atoms with E-state index in [1.165, 1.54) is 7.11 Å². The Morgan fingerprint density at radius 3 is 2.00 bits per heavy atom. The van der Waals surface area contributed by atoms with Gasteiger partial charge in [0.1, 0.15) is 24.9 Å². The van der Waals surface area contributed by atoms with Crippen molar-refractivity contribution in [3.8, 4) is 0 Å². The average molecular weight is 224 g/mol. The minimum Gasteiger partial charge on any atom is -0.394 e. The second-order valence-corrected chi connectivity index (χ2v) is 2.95. The highest BCUT2D eigenvalue weighted by Crippen LogP contribution is 2.31. The van der Waals surface area contributed by atoms with Gasteiger partial charge in [-0.05, 0) is 0 Å². The third-order valence-corrected chi connectivity index (χ3v) is 2.25. The van der Waals surface area contributed by atoms with Crippen molar-refractivity contribution >= 4 is 0 Å². The lowest BCUT2D eigenvalue weighted by Crippen LogP contribution is -2.47. The number of aliphatic hydroxyl groups excluding tert-OH is 4. The Morgan fingerprint density at radius 1 is 1.27 bits per heavy atom. The zero-order chi connectivity index (χ0) is 12.1. The van der Waals surface area contributed by atoms with Gasteiger partial charge >= 0.3 is 0 Å². The molecule has 1 aliphatic heterocycles. The molecule has 0 aromatic carbocycles. The maximum absolute atomic E-state index is 9.44. The molecule has 4 atom stereocenters. The van der Waals surface area contributed by atoms with Crippen LogP contribution < -0.4 is 0 Å². The van der Waals surface area contributed by atoms with E-state index < -0.39 is 37.3 Å². The van der Waals surface area contributed by atoms with Gasteiger partial charge in [-0.2, -0.15) is 0 Å². The van der Waals surface area contributed by atoms with Crippen LogP contribution in [0.2, 0.25) is 0 Å². The molecule has 92 valence electrons. The van der Waals surface area contributed by atoms with E-state index in [1.54, 1.807) is 0 Å². The number of aliphatic hydroxyl groups is 4. The lowest BCUT2D eigenvalue weighted by molar-refractivity contribution is -0.263. The second-order valence-electron chi connectivity index (χ2n) is 2.95. The van der Waals surface area contributed by atoms with Gasteiger partial charge in [-0.1, -0.05) is 13.8 Å². The van der Waals surface area contributed by atoms with Gasteiger partial charge in [-0.25, -0.2) is 0 Å². The van der Waals surface area contributed by atoms with Crippen LogP contribution in [0.5, 0.6) is 0 Å². The van der Waals surface area contributed by atoms with Crippen molar-refractivity contribution in [1.82, 2.24) is 0 Å². The summed E-state index contributed by atoms with van der Waals surface area (Å²) in [4.78, 5) is 0. The number of methoxy groups -OCH3 is 1. The average Bonchev–Trinajstić information content (AvgIpc) is 2.56. The Morgan fingerprint density at radius 2 is 1.80 bits per heavy atom. The smallest absolute Gasteiger partial charge is 0.221 e. The van der Waals surface area contributed by atoms with Gasteiger partial charge in [0.2, 0.25) is 5.79 Å². The normalized spacial score (nSPS) is 39.8. The minimum atomic E-state index is -1.62. The fraction of sp³-hybridized carbons (Fsp3) is 1.00. The first-order valence-electron chi connectivity index (χ1n) is 4.92. The van der Waals surface area contributed by atoms with Crippen molar-refractivity contribution in [2.45, 2.75) is 37.9 Å². The summed E-state index contributed by atoms with van der Waals surface area (Å²) in [6.07, 6.45) is -3.54. The molecule has 1 heterocycles. The van der Waals surface area contributed by atoms with E-state index in [2.05, 4.69) is 0 Å². The summed E-state index contributed by atoms with van der Waals surface area (Å²) >= 11 is 0. The molecule has 1 fully saturated rings. The van der Waals surface area contributed by atoms with E-state index in [0.717, 1.165) is 0 Å². The van der Waals surface area contributed by atoms with E-state index in [-0.39, 0.29) is 0 Å². The van der Waals surface area contributed by atoms with Gasteiger partial charge in [0, 0.05) is 7.11 Å². The van der Waals surface area contributed by atoms with Crippen LogP contribution in [-0.2, 0) is 9.47 Å². The predicted octanol–water partition coefficient (Wildman–Crippen LogP) is -1.54. The van der Waals surface area contributed by atoms with Crippen molar-refractivity contribution in [2.75, 3.05) is 20.3 Å². The molecular weight excluding hydrogens is 204 g/mol. The lowest BCUT2D eigenvalue weighted by Gasteiger charge is -2.27. The first-order valence-corrected chi connectivity index (χ1v) is 4.92. The standard InChI is InChI=1S/C7H14O6.C2H6/c1-12-7(3-9)6(11)5(10)4(2-8)13-7;1-2/h4-6,8-11H,2-3H2,1H3;1-2H3/t4-,5-,6+,7?;/m1./s1. The van der Waals surface area contributed by atoms with Crippen molar-refractivity contribution in [1.29, 1.82) is 0 Å². The highest BCUT2D eigenvalue weighted by atomic mass is 16.7. The first-order chi connectivity index (χ1) is 7.11. The van der Waals surface area contributed by atoms with Crippen LogP contribution in [0.4, 0.5) is 0 Å². The Labute approximate surface area is 89.1 Å². The molecule has 4 N–H and O–H groups in total. The van der Waals surface area contributed by atoms with E-state index in [1.807, 2.05) is 13.8 Å². The molecule has 0 radical (unpaired) electrons. The fourth-order valence-corrected chi connectivity index (χ4v) is 1.37. The molecule has 0 aromatic rings. The predicted molar refractivity (Wildman–Crippen MR) is 52.1 cm³/mol. The lowest BCUT2D eigenvalue weighted by atomic mass is 10.1. The van der Waals surface area contributed by atoms with Crippen LogP contribution in [0.15, 0.2) is 0 Å². The Kier molecular flexibility index (Phi) is 6.26. The Balaban J connectivity index is 0.000000921. The first kappa shape index (κ1) is 14.8. The number of rotatable bonds is 3. The van der Waals surface area contributed by atoms with Crippen molar-refractivity contribution < 1.29 is 29.9 Å². The van der Waals surface area contributed by atoms with Crippen LogP contribution in [0.1, 0.15) is 13.8 Å². The molecule has 0 aromatic heterocycles. The molecule has 1 unspecified atom stereocenters. The van der Waals surface area contributed by atoms with Gasteiger partial charge in [-0.3, -0.25) is 0 Å². The molecule has 0 amide bonds. The summed E-state index contributed by atoms with van der Waals surface area (Å²) < 4.78 is 9.77. The van der Waals surface area contributed by atoms with Gasteiger partial charge < -0.3 is 29.9 Å². The summed E-state index contributed by atoms with van der Waals surface area (Å²) in [5, 5.41) is 36.4. The highest BCUT2D eigenvalue weighted by Gasteiger charge is 2.54. The molecule has 15 heavy (non-hydrogen) atoms. The molecule has 1 rings (SSSR count). The Hall–Kier alpha value is -0.240. The minimum absolute atomic E-state index is 0.441. The largest absolute Gasteiger partial charge is 0.394 e. The molecule has 1 saturated heterocycles. The van der Waals surface area contributed by atoms with Gasteiger partial charge in [0.15, 0.2) is 0 Å². The second kappa shape index (κ2) is 6.37. The van der Waals surface area contributed by atoms with Crippen molar-refractivity contribution in [3.05, 3.63) is 0 Å². The van der Waals surface area contributed by atoms with Crippen LogP contribution in [0.3, 0.4) is 0 Å². The number of ether oxygens (including phenoxy) is 2. The third kappa shape index (κ3) is 2.66. The Bertz CT molecular complexity index is 170. The molecule has 6 heteroatoms. The van der Waals surface area contributed by atoms with Crippen molar-refractivity contribution in [2.24, 2.45) is 0 Å². The molecular formula is C9H20O6. The van der Waals surface area contributed by atoms with Crippen LogP contribution in [-0.4, -0.2) is 64.8 Å². The van der Waals surface area contributed by atoms with Crippen molar-refractivity contribution in [3.63, 3.8) is 0 Å². The monoisotopic (exact) mass is 224 g/mol. The van der Waals surface area contributed by atoms with Crippen LogP contribution in [0, 0.1) is 0 Å². The fourth-order valence-electron chi connectivity index (χ4n) is 1.37. The third-order valence-electron chi connectivity index (χ3n) is 2.25. The quantitative estimate of drug-likeness (QED) is 0.464. The summed E-state index contributed by atoms with van der Waals surface area (Å²) in [5.41, 5.74) is 0. The van der Waals surface area contributed by atoms with Crippen LogP contribution in [0.25, 0.3) is 0 Å². The number of hydrogen-bond acceptors (Lipinski definition) is 6. The topological polar surface area (TPSA) is 99.4 Å². The van der Waals surface area contributed by atoms with E-state index in [4.69, 9.17) is 19.7 Å². The van der Waals surface area contributed by atoms with E-state index in [0.29, 0.717) is 0 Å². The summed E-state index contributed by atoms with van der Waals surface area (Å²) in [7, 11) is 1.24. The summed E-state index contributed by atoms with van der Waals surface area (Å²) in [6, 6.07) is 0. The number of hydrogen-bond donors (Lipinski definition) is 4. The van der Waals surface area contributed by atoms with Gasteiger partial charge in [0.25, 0.3) is 0 Å². The van der Waals surface area contributed by atoms with Gasteiger partial charge in [0.05, 0.1) is 6.61 Å². The zero-order valence-corrected chi connectivity index (χ0v) is 9.25. The maximum atomic E-state index is 9.44. The van der Waals surface area contributed by atoms with E-state index >= 15 is 0 Å². The van der Waals surface area contributed by atoms with Gasteiger partial charge in [-0.15, -0.1) is 0 Å². The molecule has 1 aliphatic rings. The van der Waals surface area contributed by atoms with E-state index in [9.17, 15) is 10.2 Å².